The standard InChI is InChI=1S/C8H8N6O2/c1-4-7(14-3-2-10-13-14)12-6(9)5(11-4)8(15)16/h2-3H,1H3,(H2,9,12)(H,15,16). The quantitative estimate of drug-likeness (QED) is 0.709. The lowest BCUT2D eigenvalue weighted by atomic mass is 10.3. The third kappa shape index (κ3) is 1.56. The number of carboxylic acid groups (broad SMARTS) is 1. The van der Waals surface area contributed by atoms with Gasteiger partial charge in [0, 0.05) is 0 Å². The Morgan fingerprint density at radius 2 is 2.25 bits per heavy atom. The SMILES string of the molecule is Cc1nc(C(=O)O)c(N)nc1-n1ccnn1. The van der Waals surface area contributed by atoms with Crippen LogP contribution in [0.4, 0.5) is 5.82 Å². The van der Waals surface area contributed by atoms with E-state index in [2.05, 4.69) is 20.3 Å². The Morgan fingerprint density at radius 1 is 1.50 bits per heavy atom. The molecule has 2 rings (SSSR count). The second-order valence-corrected chi connectivity index (χ2v) is 3.02. The van der Waals surface area contributed by atoms with E-state index in [1.54, 1.807) is 13.1 Å². The van der Waals surface area contributed by atoms with E-state index in [0.717, 1.165) is 0 Å². The van der Waals surface area contributed by atoms with Gasteiger partial charge < -0.3 is 10.8 Å². The van der Waals surface area contributed by atoms with Gasteiger partial charge in [-0.05, 0) is 6.92 Å². The average Bonchev–Trinajstić information content (AvgIpc) is 2.73. The van der Waals surface area contributed by atoms with Crippen LogP contribution in [0, 0.1) is 6.92 Å². The highest BCUT2D eigenvalue weighted by molar-refractivity contribution is 5.90. The smallest absolute Gasteiger partial charge is 0.358 e. The fourth-order valence-electron chi connectivity index (χ4n) is 1.22. The zero-order valence-electron chi connectivity index (χ0n) is 8.32. The highest BCUT2D eigenvalue weighted by Gasteiger charge is 2.15. The second kappa shape index (κ2) is 3.57. The van der Waals surface area contributed by atoms with Crippen LogP contribution in [0.15, 0.2) is 12.4 Å². The molecule has 0 unspecified atom stereocenters. The van der Waals surface area contributed by atoms with Crippen LogP contribution >= 0.6 is 0 Å². The molecule has 0 aromatic carbocycles. The number of carboxylic acids is 1. The summed E-state index contributed by atoms with van der Waals surface area (Å²) in [4.78, 5) is 18.5. The van der Waals surface area contributed by atoms with Crippen LogP contribution in [-0.4, -0.2) is 36.0 Å². The second-order valence-electron chi connectivity index (χ2n) is 3.02. The van der Waals surface area contributed by atoms with Gasteiger partial charge >= 0.3 is 5.97 Å². The van der Waals surface area contributed by atoms with Crippen molar-refractivity contribution < 1.29 is 9.90 Å². The van der Waals surface area contributed by atoms with Crippen molar-refractivity contribution in [3.8, 4) is 5.82 Å². The zero-order chi connectivity index (χ0) is 11.7. The van der Waals surface area contributed by atoms with Gasteiger partial charge in [0.2, 0.25) is 0 Å². The van der Waals surface area contributed by atoms with Crippen molar-refractivity contribution in [3.63, 3.8) is 0 Å². The Morgan fingerprint density at radius 3 is 2.81 bits per heavy atom. The van der Waals surface area contributed by atoms with Crippen LogP contribution in [0.1, 0.15) is 16.2 Å². The summed E-state index contributed by atoms with van der Waals surface area (Å²) >= 11 is 0. The Labute approximate surface area is 89.7 Å². The predicted octanol–water partition coefficient (Wildman–Crippen LogP) is -0.354. The summed E-state index contributed by atoms with van der Waals surface area (Å²) in [6.45, 7) is 1.62. The summed E-state index contributed by atoms with van der Waals surface area (Å²) in [7, 11) is 0. The normalized spacial score (nSPS) is 10.3. The number of anilines is 1. The van der Waals surface area contributed by atoms with E-state index in [1.165, 1.54) is 10.9 Å². The Balaban J connectivity index is 2.59. The molecule has 0 saturated carbocycles. The molecular weight excluding hydrogens is 212 g/mol. The van der Waals surface area contributed by atoms with Gasteiger partial charge in [-0.1, -0.05) is 5.21 Å². The van der Waals surface area contributed by atoms with Gasteiger partial charge in [0.05, 0.1) is 18.1 Å². The number of rotatable bonds is 2. The molecule has 0 aliphatic rings. The lowest BCUT2D eigenvalue weighted by molar-refractivity contribution is 0.0691. The third-order valence-corrected chi connectivity index (χ3v) is 1.91. The van der Waals surface area contributed by atoms with Crippen molar-refractivity contribution in [2.45, 2.75) is 6.92 Å². The van der Waals surface area contributed by atoms with Gasteiger partial charge in [-0.3, -0.25) is 0 Å². The number of carbonyl (C=O) groups is 1. The molecule has 82 valence electrons. The van der Waals surface area contributed by atoms with Gasteiger partial charge in [0.15, 0.2) is 17.3 Å². The first-order chi connectivity index (χ1) is 7.59. The number of aromatic nitrogens is 5. The van der Waals surface area contributed by atoms with E-state index < -0.39 is 5.97 Å². The molecule has 2 aromatic rings. The van der Waals surface area contributed by atoms with Crippen LogP contribution in [0.2, 0.25) is 0 Å². The van der Waals surface area contributed by atoms with Crippen LogP contribution in [-0.2, 0) is 0 Å². The highest BCUT2D eigenvalue weighted by atomic mass is 16.4. The first kappa shape index (κ1) is 10.0. The third-order valence-electron chi connectivity index (χ3n) is 1.91. The molecule has 0 fully saturated rings. The van der Waals surface area contributed by atoms with E-state index in [1.807, 2.05) is 0 Å². The number of nitrogen functional groups attached to an aromatic ring is 1. The summed E-state index contributed by atoms with van der Waals surface area (Å²) in [6, 6.07) is 0. The zero-order valence-corrected chi connectivity index (χ0v) is 8.32. The molecule has 0 radical (unpaired) electrons. The van der Waals surface area contributed by atoms with E-state index in [0.29, 0.717) is 11.5 Å². The van der Waals surface area contributed by atoms with Crippen molar-refractivity contribution in [2.24, 2.45) is 0 Å². The van der Waals surface area contributed by atoms with Crippen molar-refractivity contribution >= 4 is 11.8 Å². The Bertz CT molecular complexity index is 536. The molecule has 2 heterocycles. The number of aryl methyl sites for hydroxylation is 1. The molecule has 0 saturated heterocycles. The molecule has 2 aromatic heterocycles. The summed E-state index contributed by atoms with van der Waals surface area (Å²) in [5.74, 6) is -0.998. The fraction of sp³-hybridized carbons (Fsp3) is 0.125. The Kier molecular flexibility index (Phi) is 2.24. The molecule has 0 bridgehead atoms. The van der Waals surface area contributed by atoms with Crippen LogP contribution in [0.5, 0.6) is 0 Å². The Hall–Kier alpha value is -2.51. The van der Waals surface area contributed by atoms with Gasteiger partial charge in [-0.2, -0.15) is 0 Å². The molecular formula is C8H8N6O2. The summed E-state index contributed by atoms with van der Waals surface area (Å²) in [5.41, 5.74) is 5.63. The molecule has 0 aliphatic heterocycles. The summed E-state index contributed by atoms with van der Waals surface area (Å²) in [5, 5.41) is 16.1. The predicted molar refractivity (Wildman–Crippen MR) is 53.1 cm³/mol. The van der Waals surface area contributed by atoms with E-state index in [-0.39, 0.29) is 11.5 Å². The molecule has 8 nitrogen and oxygen atoms in total. The monoisotopic (exact) mass is 220 g/mol. The largest absolute Gasteiger partial charge is 0.476 e. The van der Waals surface area contributed by atoms with Crippen molar-refractivity contribution in [1.82, 2.24) is 25.0 Å². The average molecular weight is 220 g/mol. The van der Waals surface area contributed by atoms with E-state index in [9.17, 15) is 4.79 Å². The van der Waals surface area contributed by atoms with Crippen molar-refractivity contribution in [1.29, 1.82) is 0 Å². The molecule has 0 amide bonds. The van der Waals surface area contributed by atoms with Crippen LogP contribution in [0.3, 0.4) is 0 Å². The van der Waals surface area contributed by atoms with Crippen LogP contribution in [0.25, 0.3) is 5.82 Å². The lowest BCUT2D eigenvalue weighted by Gasteiger charge is -2.06. The van der Waals surface area contributed by atoms with E-state index >= 15 is 0 Å². The van der Waals surface area contributed by atoms with E-state index in [4.69, 9.17) is 10.8 Å². The molecule has 0 spiro atoms. The molecule has 8 heteroatoms. The molecule has 0 atom stereocenters. The number of hydrogen-bond acceptors (Lipinski definition) is 6. The minimum atomic E-state index is -1.21. The number of aromatic carboxylic acids is 1. The lowest BCUT2D eigenvalue weighted by Crippen LogP contribution is -2.13. The molecule has 16 heavy (non-hydrogen) atoms. The van der Waals surface area contributed by atoms with Crippen LogP contribution < -0.4 is 5.73 Å². The van der Waals surface area contributed by atoms with Crippen molar-refractivity contribution in [2.75, 3.05) is 5.73 Å². The maximum Gasteiger partial charge on any atom is 0.358 e. The maximum absolute atomic E-state index is 10.8. The number of hydrogen-bond donors (Lipinski definition) is 2. The highest BCUT2D eigenvalue weighted by Crippen LogP contribution is 2.13. The van der Waals surface area contributed by atoms with Gasteiger partial charge in [-0.15, -0.1) is 5.10 Å². The minimum absolute atomic E-state index is 0.149. The van der Waals surface area contributed by atoms with Gasteiger partial charge in [0.25, 0.3) is 0 Å². The van der Waals surface area contributed by atoms with Gasteiger partial charge in [-0.25, -0.2) is 19.4 Å². The number of nitrogens with two attached hydrogens (primary N) is 1. The summed E-state index contributed by atoms with van der Waals surface area (Å²) < 4.78 is 1.37. The fourth-order valence-corrected chi connectivity index (χ4v) is 1.22. The van der Waals surface area contributed by atoms with Gasteiger partial charge in [0.1, 0.15) is 0 Å². The first-order valence-electron chi connectivity index (χ1n) is 4.33. The minimum Gasteiger partial charge on any atom is -0.476 e. The molecule has 3 N–H and O–H groups in total. The van der Waals surface area contributed by atoms with Crippen molar-refractivity contribution in [3.05, 3.63) is 23.8 Å². The summed E-state index contributed by atoms with van der Waals surface area (Å²) in [6.07, 6.45) is 3.04. The number of nitrogens with zero attached hydrogens (tertiary/aromatic N) is 5. The first-order valence-corrected chi connectivity index (χ1v) is 4.33. The topological polar surface area (TPSA) is 120 Å². The maximum atomic E-state index is 10.8. The molecule has 0 aliphatic carbocycles.